The Morgan fingerprint density at radius 3 is 2.56 bits per heavy atom. The lowest BCUT2D eigenvalue weighted by atomic mass is 10.4. The van der Waals surface area contributed by atoms with Crippen LogP contribution in [0, 0.1) is 13.8 Å². The summed E-state index contributed by atoms with van der Waals surface area (Å²) < 4.78 is 28.2. The average Bonchev–Trinajstić information content (AvgIpc) is 3.07. The number of aryl methyl sites for hydroxylation is 1. The van der Waals surface area contributed by atoms with Crippen LogP contribution in [0.25, 0.3) is 0 Å². The zero-order valence-electron chi connectivity index (χ0n) is 11.0. The van der Waals surface area contributed by atoms with E-state index in [1.807, 2.05) is 0 Å². The van der Waals surface area contributed by atoms with Gasteiger partial charge in [-0.05, 0) is 26.7 Å². The predicted molar refractivity (Wildman–Crippen MR) is 68.7 cm³/mol. The maximum Gasteiger partial charge on any atom is 0.246 e. The van der Waals surface area contributed by atoms with E-state index in [1.165, 1.54) is 4.31 Å². The molecule has 1 fully saturated rings. The highest BCUT2D eigenvalue weighted by Crippen LogP contribution is 2.32. The molecule has 0 aliphatic heterocycles. The minimum absolute atomic E-state index is 0.159. The summed E-state index contributed by atoms with van der Waals surface area (Å²) in [6.45, 7) is 4.49. The van der Waals surface area contributed by atoms with Gasteiger partial charge < -0.3 is 5.73 Å². The van der Waals surface area contributed by atoms with Gasteiger partial charge >= 0.3 is 0 Å². The summed E-state index contributed by atoms with van der Waals surface area (Å²) in [5.41, 5.74) is 6.72. The minimum Gasteiger partial charge on any atom is -0.329 e. The van der Waals surface area contributed by atoms with Gasteiger partial charge in [-0.3, -0.25) is 4.68 Å². The van der Waals surface area contributed by atoms with Gasteiger partial charge in [0.25, 0.3) is 0 Å². The first-order valence-electron chi connectivity index (χ1n) is 6.11. The molecule has 7 heteroatoms. The summed E-state index contributed by atoms with van der Waals surface area (Å²) in [6.07, 6.45) is 1.90. The van der Waals surface area contributed by atoms with E-state index >= 15 is 0 Å². The van der Waals surface area contributed by atoms with Gasteiger partial charge in [-0.2, -0.15) is 9.40 Å². The molecule has 1 aliphatic carbocycles. The smallest absolute Gasteiger partial charge is 0.246 e. The third-order valence-corrected chi connectivity index (χ3v) is 5.52. The quantitative estimate of drug-likeness (QED) is 0.832. The van der Waals surface area contributed by atoms with Crippen LogP contribution in [0.1, 0.15) is 24.2 Å². The van der Waals surface area contributed by atoms with Crippen LogP contribution in [-0.4, -0.2) is 42.1 Å². The van der Waals surface area contributed by atoms with E-state index in [1.54, 1.807) is 25.6 Å². The van der Waals surface area contributed by atoms with Crippen LogP contribution in [0.5, 0.6) is 0 Å². The lowest BCUT2D eigenvalue weighted by molar-refractivity contribution is 0.463. The minimum atomic E-state index is -3.43. The lowest BCUT2D eigenvalue weighted by Gasteiger charge is -2.16. The van der Waals surface area contributed by atoms with Crippen molar-refractivity contribution in [3.63, 3.8) is 0 Å². The predicted octanol–water partition coefficient (Wildman–Crippen LogP) is 0.242. The average molecular weight is 272 g/mol. The van der Waals surface area contributed by atoms with Gasteiger partial charge in [-0.15, -0.1) is 0 Å². The van der Waals surface area contributed by atoms with E-state index < -0.39 is 10.0 Å². The van der Waals surface area contributed by atoms with Gasteiger partial charge in [0, 0.05) is 19.6 Å². The molecule has 1 aromatic rings. The number of hydrogen-bond donors (Lipinski definition) is 1. The highest BCUT2D eigenvalue weighted by molar-refractivity contribution is 7.89. The molecule has 0 radical (unpaired) electrons. The lowest BCUT2D eigenvalue weighted by Crippen LogP contribution is -2.29. The first-order valence-corrected chi connectivity index (χ1v) is 7.55. The Balaban J connectivity index is 2.43. The Morgan fingerprint density at radius 2 is 2.06 bits per heavy atom. The Hall–Kier alpha value is -0.920. The molecule has 18 heavy (non-hydrogen) atoms. The van der Waals surface area contributed by atoms with Crippen molar-refractivity contribution in [2.75, 3.05) is 13.6 Å². The second kappa shape index (κ2) is 4.64. The number of aromatic nitrogens is 2. The SMILES string of the molecule is Cc1nn(CCN)c(C)c1S(=O)(=O)N(C)C1CC1. The topological polar surface area (TPSA) is 81.2 Å². The van der Waals surface area contributed by atoms with Crippen LogP contribution >= 0.6 is 0 Å². The molecule has 1 heterocycles. The van der Waals surface area contributed by atoms with E-state index in [0.29, 0.717) is 29.4 Å². The van der Waals surface area contributed by atoms with Crippen molar-refractivity contribution < 1.29 is 8.42 Å². The van der Waals surface area contributed by atoms with Crippen LogP contribution in [-0.2, 0) is 16.6 Å². The number of sulfonamides is 1. The van der Waals surface area contributed by atoms with E-state index in [0.717, 1.165) is 12.8 Å². The molecule has 1 saturated carbocycles. The fourth-order valence-corrected chi connectivity index (χ4v) is 3.96. The number of nitrogens with two attached hydrogens (primary N) is 1. The van der Waals surface area contributed by atoms with Crippen LogP contribution < -0.4 is 5.73 Å². The van der Waals surface area contributed by atoms with Crippen molar-refractivity contribution in [1.29, 1.82) is 0 Å². The molecular weight excluding hydrogens is 252 g/mol. The third-order valence-electron chi connectivity index (χ3n) is 3.35. The maximum absolute atomic E-state index is 12.5. The Labute approximate surface area is 108 Å². The molecule has 1 aliphatic rings. The van der Waals surface area contributed by atoms with Crippen molar-refractivity contribution in [2.45, 2.75) is 44.2 Å². The maximum atomic E-state index is 12.5. The van der Waals surface area contributed by atoms with Gasteiger partial charge in [0.05, 0.1) is 17.9 Å². The normalized spacial score (nSPS) is 16.5. The molecule has 6 nitrogen and oxygen atoms in total. The molecule has 0 amide bonds. The molecule has 0 bridgehead atoms. The molecule has 2 N–H and O–H groups in total. The zero-order chi connectivity index (χ0) is 13.5. The Morgan fingerprint density at radius 1 is 1.44 bits per heavy atom. The standard InChI is InChI=1S/C11H20N4O2S/c1-8-11(9(2)15(13-8)7-6-12)18(16,17)14(3)10-4-5-10/h10H,4-7,12H2,1-3H3. The van der Waals surface area contributed by atoms with Crippen molar-refractivity contribution in [3.05, 3.63) is 11.4 Å². The van der Waals surface area contributed by atoms with Crippen LogP contribution in [0.15, 0.2) is 4.90 Å². The molecule has 0 spiro atoms. The van der Waals surface area contributed by atoms with Gasteiger partial charge in [0.1, 0.15) is 4.90 Å². The van der Waals surface area contributed by atoms with E-state index in [-0.39, 0.29) is 6.04 Å². The first kappa shape index (κ1) is 13.5. The largest absolute Gasteiger partial charge is 0.329 e. The van der Waals surface area contributed by atoms with E-state index in [4.69, 9.17) is 5.73 Å². The molecule has 102 valence electrons. The monoisotopic (exact) mass is 272 g/mol. The summed E-state index contributed by atoms with van der Waals surface area (Å²) >= 11 is 0. The zero-order valence-corrected chi connectivity index (χ0v) is 11.9. The third kappa shape index (κ3) is 2.17. The van der Waals surface area contributed by atoms with Gasteiger partial charge in [0.15, 0.2) is 0 Å². The second-order valence-electron chi connectivity index (χ2n) is 4.76. The highest BCUT2D eigenvalue weighted by atomic mass is 32.2. The molecule has 0 aromatic carbocycles. The van der Waals surface area contributed by atoms with E-state index in [9.17, 15) is 8.42 Å². The van der Waals surface area contributed by atoms with E-state index in [2.05, 4.69) is 5.10 Å². The Kier molecular flexibility index (Phi) is 3.48. The van der Waals surface area contributed by atoms with Crippen LogP contribution in [0.2, 0.25) is 0 Å². The summed E-state index contributed by atoms with van der Waals surface area (Å²) in [5.74, 6) is 0. The summed E-state index contributed by atoms with van der Waals surface area (Å²) in [7, 11) is -1.78. The second-order valence-corrected chi connectivity index (χ2v) is 6.70. The molecule has 0 unspecified atom stereocenters. The first-order chi connectivity index (χ1) is 8.39. The van der Waals surface area contributed by atoms with Crippen LogP contribution in [0.4, 0.5) is 0 Å². The molecule has 2 rings (SSSR count). The fraction of sp³-hybridized carbons (Fsp3) is 0.727. The van der Waals surface area contributed by atoms with Crippen molar-refractivity contribution in [1.82, 2.24) is 14.1 Å². The van der Waals surface area contributed by atoms with Crippen molar-refractivity contribution >= 4 is 10.0 Å². The number of nitrogens with zero attached hydrogens (tertiary/aromatic N) is 3. The van der Waals surface area contributed by atoms with Gasteiger partial charge in [0.2, 0.25) is 10.0 Å². The molecule has 0 atom stereocenters. The Bertz CT molecular complexity index is 546. The van der Waals surface area contributed by atoms with Gasteiger partial charge in [-0.1, -0.05) is 0 Å². The summed E-state index contributed by atoms with van der Waals surface area (Å²) in [6, 6.07) is 0.159. The highest BCUT2D eigenvalue weighted by Gasteiger charge is 2.37. The van der Waals surface area contributed by atoms with Crippen molar-refractivity contribution in [2.24, 2.45) is 5.73 Å². The number of hydrogen-bond acceptors (Lipinski definition) is 4. The van der Waals surface area contributed by atoms with Crippen molar-refractivity contribution in [3.8, 4) is 0 Å². The summed E-state index contributed by atoms with van der Waals surface area (Å²) in [4.78, 5) is 0.338. The summed E-state index contributed by atoms with van der Waals surface area (Å²) in [5, 5.41) is 4.26. The fourth-order valence-electron chi connectivity index (χ4n) is 2.17. The molecule has 0 saturated heterocycles. The molecule has 1 aromatic heterocycles. The van der Waals surface area contributed by atoms with Crippen LogP contribution in [0.3, 0.4) is 0 Å². The number of rotatable bonds is 5. The van der Waals surface area contributed by atoms with Gasteiger partial charge in [-0.25, -0.2) is 8.42 Å². The molecular formula is C11H20N4O2S.